The smallest absolute Gasteiger partial charge is 0.408 e. The Balaban J connectivity index is 5.02. The van der Waals surface area contributed by atoms with E-state index in [-0.39, 0.29) is 11.1 Å². The lowest BCUT2D eigenvalue weighted by atomic mass is 10.1. The molecule has 0 rings (SSSR count). The molecule has 136 valence electrons. The lowest BCUT2D eigenvalue weighted by Gasteiger charge is -2.37. The summed E-state index contributed by atoms with van der Waals surface area (Å²) in [5, 5.41) is 3.11. The van der Waals surface area contributed by atoms with Crippen LogP contribution in [0.4, 0.5) is 4.79 Å². The summed E-state index contributed by atoms with van der Waals surface area (Å²) in [5.41, 5.74) is 0.659. The van der Waals surface area contributed by atoms with Gasteiger partial charge in [-0.25, -0.2) is 4.79 Å². The number of rotatable bonds is 6. The van der Waals surface area contributed by atoms with E-state index >= 15 is 0 Å². The Bertz CT molecular complexity index is 417. The van der Waals surface area contributed by atoms with Gasteiger partial charge in [-0.05, 0) is 52.2 Å². The Labute approximate surface area is 144 Å². The minimum absolute atomic E-state index is 0.144. The third-order valence-electron chi connectivity index (χ3n) is 4.33. The van der Waals surface area contributed by atoms with Crippen LogP contribution in [0.25, 0.3) is 0 Å². The summed E-state index contributed by atoms with van der Waals surface area (Å²) >= 11 is 0. The van der Waals surface area contributed by atoms with Gasteiger partial charge in [0.05, 0.1) is 12.6 Å². The number of hydrogen-bond acceptors (Lipinski definition) is 3. The average Bonchev–Trinajstić information content (AvgIpc) is 2.33. The molecule has 5 heteroatoms. The van der Waals surface area contributed by atoms with Crippen LogP contribution in [0.1, 0.15) is 61.8 Å². The monoisotopic (exact) mass is 343 g/mol. The Hall–Kier alpha value is -0.813. The Kier molecular flexibility index (Phi) is 8.04. The van der Waals surface area contributed by atoms with E-state index in [1.54, 1.807) is 0 Å². The van der Waals surface area contributed by atoms with Crippen molar-refractivity contribution in [3.05, 3.63) is 11.6 Å². The molecule has 0 heterocycles. The number of alkyl carbamates (subject to hydrolysis) is 1. The van der Waals surface area contributed by atoms with Gasteiger partial charge in [-0.1, -0.05) is 39.3 Å². The standard InChI is InChI=1S/C18H37NO3Si/c1-11-14(12-2)15(19-16(20)22-17(3,4)5)13-21-23(9,10)18(6,7)8/h11,15H,12-13H2,1-10H3,(H,19,20)/t15-/m1/s1. The molecule has 0 aliphatic carbocycles. The van der Waals surface area contributed by atoms with Gasteiger partial charge in [-0.2, -0.15) is 0 Å². The summed E-state index contributed by atoms with van der Waals surface area (Å²) in [6.07, 6.45) is 2.53. The van der Waals surface area contributed by atoms with Gasteiger partial charge in [-0.15, -0.1) is 0 Å². The molecule has 0 saturated heterocycles. The molecule has 0 aliphatic heterocycles. The molecule has 0 saturated carbocycles. The lowest BCUT2D eigenvalue weighted by molar-refractivity contribution is 0.0495. The minimum Gasteiger partial charge on any atom is -0.444 e. The third kappa shape index (κ3) is 8.02. The van der Waals surface area contributed by atoms with Crippen LogP contribution in [0.15, 0.2) is 11.6 Å². The van der Waals surface area contributed by atoms with Gasteiger partial charge >= 0.3 is 6.09 Å². The maximum atomic E-state index is 12.1. The molecular formula is C18H37NO3Si. The third-order valence-corrected chi connectivity index (χ3v) is 8.84. The van der Waals surface area contributed by atoms with E-state index in [0.717, 1.165) is 12.0 Å². The van der Waals surface area contributed by atoms with E-state index in [2.05, 4.69) is 52.2 Å². The molecule has 1 atom stereocenters. The number of allylic oxidation sites excluding steroid dienone is 1. The molecule has 0 fully saturated rings. The molecule has 1 amide bonds. The van der Waals surface area contributed by atoms with Crippen LogP contribution >= 0.6 is 0 Å². The van der Waals surface area contributed by atoms with E-state index in [0.29, 0.717) is 6.61 Å². The number of ether oxygens (including phenoxy) is 1. The zero-order valence-corrected chi connectivity index (χ0v) is 17.8. The average molecular weight is 344 g/mol. The molecule has 4 nitrogen and oxygen atoms in total. The first-order valence-electron chi connectivity index (χ1n) is 8.52. The first-order chi connectivity index (χ1) is 10.2. The lowest BCUT2D eigenvalue weighted by Crippen LogP contribution is -2.47. The summed E-state index contributed by atoms with van der Waals surface area (Å²) in [7, 11) is -1.86. The van der Waals surface area contributed by atoms with E-state index in [1.165, 1.54) is 0 Å². The predicted octanol–water partition coefficient (Wildman–Crippen LogP) is 5.26. The van der Waals surface area contributed by atoms with E-state index < -0.39 is 20.0 Å². The topological polar surface area (TPSA) is 47.6 Å². The molecule has 0 aromatic rings. The first kappa shape index (κ1) is 22.2. The van der Waals surface area contributed by atoms with Gasteiger partial charge < -0.3 is 14.5 Å². The minimum atomic E-state index is -1.86. The number of carbonyl (C=O) groups is 1. The predicted molar refractivity (Wildman–Crippen MR) is 100 cm³/mol. The summed E-state index contributed by atoms with van der Waals surface area (Å²) < 4.78 is 11.7. The van der Waals surface area contributed by atoms with Gasteiger partial charge in [-0.3, -0.25) is 0 Å². The van der Waals surface area contributed by atoms with Crippen LogP contribution in [0.2, 0.25) is 18.1 Å². The highest BCUT2D eigenvalue weighted by Gasteiger charge is 2.38. The van der Waals surface area contributed by atoms with E-state index in [1.807, 2.05) is 27.7 Å². The van der Waals surface area contributed by atoms with Gasteiger partial charge in [0, 0.05) is 0 Å². The molecule has 0 bridgehead atoms. The molecule has 0 radical (unpaired) electrons. The SMILES string of the molecule is CC=C(CC)[C@@H](CO[Si](C)(C)C(C)(C)C)NC(=O)OC(C)(C)C. The molecule has 0 aromatic carbocycles. The van der Waals surface area contributed by atoms with Crippen molar-refractivity contribution in [2.45, 2.75) is 91.6 Å². The van der Waals surface area contributed by atoms with Crippen molar-refractivity contribution >= 4 is 14.4 Å². The zero-order chi connectivity index (χ0) is 18.5. The highest BCUT2D eigenvalue weighted by molar-refractivity contribution is 6.74. The maximum absolute atomic E-state index is 12.1. The van der Waals surface area contributed by atoms with E-state index in [9.17, 15) is 4.79 Å². The second-order valence-corrected chi connectivity index (χ2v) is 13.3. The number of amides is 1. The quantitative estimate of drug-likeness (QED) is 0.529. The molecule has 0 aromatic heterocycles. The number of nitrogens with one attached hydrogen (secondary N) is 1. The second-order valence-electron chi connectivity index (χ2n) is 8.49. The summed E-state index contributed by atoms with van der Waals surface area (Å²) in [6, 6.07) is -0.144. The molecule has 1 N–H and O–H groups in total. The summed E-state index contributed by atoms with van der Waals surface area (Å²) in [4.78, 5) is 12.1. The molecule has 23 heavy (non-hydrogen) atoms. The van der Waals surface area contributed by atoms with Crippen molar-refractivity contribution in [1.29, 1.82) is 0 Å². The molecular weight excluding hydrogens is 306 g/mol. The Morgan fingerprint density at radius 1 is 1.17 bits per heavy atom. The van der Waals surface area contributed by atoms with Crippen molar-refractivity contribution in [2.75, 3.05) is 6.61 Å². The zero-order valence-electron chi connectivity index (χ0n) is 16.8. The summed E-state index contributed by atoms with van der Waals surface area (Å²) in [5.74, 6) is 0. The summed E-state index contributed by atoms with van der Waals surface area (Å²) in [6.45, 7) is 21.3. The fourth-order valence-electron chi connectivity index (χ4n) is 1.85. The van der Waals surface area contributed by atoms with Gasteiger partial charge in [0.1, 0.15) is 5.60 Å². The van der Waals surface area contributed by atoms with Crippen LogP contribution in [0.3, 0.4) is 0 Å². The second kappa shape index (κ2) is 8.33. The van der Waals surface area contributed by atoms with E-state index in [4.69, 9.17) is 9.16 Å². The fourth-order valence-corrected chi connectivity index (χ4v) is 2.87. The number of hydrogen-bond donors (Lipinski definition) is 1. The van der Waals surface area contributed by atoms with Crippen molar-refractivity contribution in [3.8, 4) is 0 Å². The first-order valence-corrected chi connectivity index (χ1v) is 11.4. The Morgan fingerprint density at radius 2 is 1.70 bits per heavy atom. The molecule has 0 spiro atoms. The fraction of sp³-hybridized carbons (Fsp3) is 0.833. The van der Waals surface area contributed by atoms with Crippen LogP contribution in [0, 0.1) is 0 Å². The largest absolute Gasteiger partial charge is 0.444 e. The van der Waals surface area contributed by atoms with Crippen molar-refractivity contribution in [3.63, 3.8) is 0 Å². The highest BCUT2D eigenvalue weighted by atomic mass is 28.4. The number of carbonyl (C=O) groups excluding carboxylic acids is 1. The van der Waals surface area contributed by atoms with Crippen LogP contribution in [0.5, 0.6) is 0 Å². The molecule has 0 aliphatic rings. The van der Waals surface area contributed by atoms with Crippen LogP contribution in [-0.4, -0.2) is 32.7 Å². The molecule has 0 unspecified atom stereocenters. The van der Waals surface area contributed by atoms with Crippen molar-refractivity contribution in [1.82, 2.24) is 5.32 Å². The van der Waals surface area contributed by atoms with Crippen LogP contribution in [-0.2, 0) is 9.16 Å². The van der Waals surface area contributed by atoms with Crippen molar-refractivity contribution in [2.24, 2.45) is 0 Å². The normalized spacial score (nSPS) is 15.3. The Morgan fingerprint density at radius 3 is 2.04 bits per heavy atom. The van der Waals surface area contributed by atoms with Crippen LogP contribution < -0.4 is 5.32 Å². The van der Waals surface area contributed by atoms with Gasteiger partial charge in [0.2, 0.25) is 0 Å². The maximum Gasteiger partial charge on any atom is 0.408 e. The highest BCUT2D eigenvalue weighted by Crippen LogP contribution is 2.36. The van der Waals surface area contributed by atoms with Gasteiger partial charge in [0.15, 0.2) is 8.32 Å². The van der Waals surface area contributed by atoms with Crippen molar-refractivity contribution < 1.29 is 14.0 Å². The van der Waals surface area contributed by atoms with Gasteiger partial charge in [0.25, 0.3) is 0 Å².